The Morgan fingerprint density at radius 1 is 1.21 bits per heavy atom. The number of hydrazone groups is 1. The van der Waals surface area contributed by atoms with Gasteiger partial charge in [-0.15, -0.1) is 0 Å². The zero-order valence-corrected chi connectivity index (χ0v) is 12.0. The predicted molar refractivity (Wildman–Crippen MR) is 83.4 cm³/mol. The van der Waals surface area contributed by atoms with Gasteiger partial charge >= 0.3 is 0 Å². The highest BCUT2D eigenvalue weighted by atomic mass is 32.1. The minimum atomic E-state index is 0.570. The maximum atomic E-state index is 5.11. The Morgan fingerprint density at radius 3 is 2.68 bits per heavy atom. The summed E-state index contributed by atoms with van der Waals surface area (Å²) in [4.78, 5) is 6.36. The van der Waals surface area contributed by atoms with E-state index in [1.54, 1.807) is 4.90 Å². The van der Waals surface area contributed by atoms with Crippen LogP contribution in [0.3, 0.4) is 0 Å². The number of rotatable bonds is 2. The van der Waals surface area contributed by atoms with E-state index in [2.05, 4.69) is 15.5 Å². The summed E-state index contributed by atoms with van der Waals surface area (Å²) < 4.78 is 0. The predicted octanol–water partition coefficient (Wildman–Crippen LogP) is 2.39. The fourth-order valence-corrected chi connectivity index (χ4v) is 1.60. The highest BCUT2D eigenvalue weighted by Crippen LogP contribution is 2.12. The van der Waals surface area contributed by atoms with Gasteiger partial charge < -0.3 is 4.90 Å². The van der Waals surface area contributed by atoms with Crippen molar-refractivity contribution in [3.05, 3.63) is 42.1 Å². The second-order valence-corrected chi connectivity index (χ2v) is 4.78. The summed E-state index contributed by atoms with van der Waals surface area (Å²) in [6, 6.07) is 12.0. The first kappa shape index (κ1) is 13.4. The molecule has 19 heavy (non-hydrogen) atoms. The van der Waals surface area contributed by atoms with E-state index >= 15 is 0 Å². The molecule has 0 aliphatic rings. The van der Waals surface area contributed by atoms with Crippen molar-refractivity contribution in [2.24, 2.45) is 5.10 Å². The zero-order valence-electron chi connectivity index (χ0n) is 11.2. The third-order valence-electron chi connectivity index (χ3n) is 2.69. The summed E-state index contributed by atoms with van der Waals surface area (Å²) in [7, 11) is 3.74. The molecule has 2 aromatic rings. The number of pyridine rings is 1. The Hall–Kier alpha value is -2.01. The van der Waals surface area contributed by atoms with Crippen molar-refractivity contribution in [3.63, 3.8) is 0 Å². The summed E-state index contributed by atoms with van der Waals surface area (Å²) in [6.45, 7) is 1.91. The summed E-state index contributed by atoms with van der Waals surface area (Å²) in [5.41, 5.74) is 5.44. The van der Waals surface area contributed by atoms with Gasteiger partial charge in [-0.2, -0.15) is 5.10 Å². The third-order valence-corrected chi connectivity index (χ3v) is 3.15. The number of aromatic nitrogens is 1. The van der Waals surface area contributed by atoms with Crippen molar-refractivity contribution < 1.29 is 0 Å². The number of hydrogen-bond acceptors (Lipinski definition) is 3. The van der Waals surface area contributed by atoms with Gasteiger partial charge in [-0.05, 0) is 31.3 Å². The number of nitrogens with one attached hydrogen (secondary N) is 1. The van der Waals surface area contributed by atoms with Gasteiger partial charge in [0.15, 0.2) is 5.11 Å². The van der Waals surface area contributed by atoms with Crippen LogP contribution in [0.2, 0.25) is 0 Å². The first-order valence-electron chi connectivity index (χ1n) is 5.95. The van der Waals surface area contributed by atoms with Gasteiger partial charge in [-0.3, -0.25) is 5.43 Å². The van der Waals surface area contributed by atoms with Crippen LogP contribution in [-0.4, -0.2) is 34.8 Å². The molecule has 0 radical (unpaired) electrons. The molecule has 0 atom stereocenters. The lowest BCUT2D eigenvalue weighted by atomic mass is 10.2. The van der Waals surface area contributed by atoms with Crippen molar-refractivity contribution in [1.29, 1.82) is 0 Å². The van der Waals surface area contributed by atoms with E-state index < -0.39 is 0 Å². The molecule has 0 spiro atoms. The second-order valence-electron chi connectivity index (χ2n) is 4.40. The lowest BCUT2D eigenvalue weighted by Crippen LogP contribution is -2.31. The minimum absolute atomic E-state index is 0.570. The zero-order chi connectivity index (χ0) is 13.8. The van der Waals surface area contributed by atoms with E-state index in [4.69, 9.17) is 12.2 Å². The average molecular weight is 272 g/mol. The lowest BCUT2D eigenvalue weighted by Gasteiger charge is -2.12. The molecule has 4 nitrogen and oxygen atoms in total. The van der Waals surface area contributed by atoms with Crippen molar-refractivity contribution in [3.8, 4) is 0 Å². The normalized spacial score (nSPS) is 11.4. The van der Waals surface area contributed by atoms with Crippen LogP contribution in [0.5, 0.6) is 0 Å². The summed E-state index contributed by atoms with van der Waals surface area (Å²) in [6.07, 6.45) is 0. The largest absolute Gasteiger partial charge is 0.354 e. The maximum Gasteiger partial charge on any atom is 0.189 e. The number of para-hydroxylation sites is 1. The molecule has 0 bridgehead atoms. The Balaban J connectivity index is 2.23. The molecule has 2 rings (SSSR count). The van der Waals surface area contributed by atoms with Crippen LogP contribution in [0.15, 0.2) is 41.5 Å². The average Bonchev–Trinajstić information content (AvgIpc) is 2.43. The number of nitrogens with zero attached hydrogens (tertiary/aromatic N) is 3. The molecule has 0 fully saturated rings. The molecular formula is C14H16N4S. The molecule has 0 saturated heterocycles. The van der Waals surface area contributed by atoms with Crippen molar-refractivity contribution in [1.82, 2.24) is 15.3 Å². The van der Waals surface area contributed by atoms with Crippen LogP contribution < -0.4 is 5.43 Å². The minimum Gasteiger partial charge on any atom is -0.354 e. The molecule has 1 N–H and O–H groups in total. The quantitative estimate of drug-likeness (QED) is 0.518. The molecular weight excluding hydrogens is 256 g/mol. The molecule has 98 valence electrons. The number of benzene rings is 1. The van der Waals surface area contributed by atoms with E-state index in [1.807, 2.05) is 57.4 Å². The second kappa shape index (κ2) is 5.75. The van der Waals surface area contributed by atoms with Crippen molar-refractivity contribution >= 4 is 33.9 Å². The van der Waals surface area contributed by atoms with Crippen LogP contribution in [0.25, 0.3) is 10.9 Å². The molecule has 0 amide bonds. The first-order chi connectivity index (χ1) is 9.08. The Labute approximate surface area is 118 Å². The SMILES string of the molecule is C/C(=N/NC(=S)N(C)C)c1ccc2ccccc2n1. The molecule has 0 aliphatic carbocycles. The molecule has 1 aromatic carbocycles. The maximum absolute atomic E-state index is 5.11. The highest BCUT2D eigenvalue weighted by molar-refractivity contribution is 7.80. The van der Waals surface area contributed by atoms with Gasteiger partial charge in [0.05, 0.1) is 16.9 Å². The van der Waals surface area contributed by atoms with Crippen LogP contribution in [0.4, 0.5) is 0 Å². The molecule has 5 heteroatoms. The van der Waals surface area contributed by atoms with Crippen molar-refractivity contribution in [2.75, 3.05) is 14.1 Å². The fourth-order valence-electron chi connectivity index (χ4n) is 1.56. The molecule has 0 unspecified atom stereocenters. The van der Waals surface area contributed by atoms with E-state index in [-0.39, 0.29) is 0 Å². The highest BCUT2D eigenvalue weighted by Gasteiger charge is 2.02. The van der Waals surface area contributed by atoms with Gasteiger partial charge in [-0.1, -0.05) is 24.3 Å². The van der Waals surface area contributed by atoms with Gasteiger partial charge in [0.2, 0.25) is 0 Å². The molecule has 1 aromatic heterocycles. The third kappa shape index (κ3) is 3.26. The summed E-state index contributed by atoms with van der Waals surface area (Å²) in [5, 5.41) is 5.93. The van der Waals surface area contributed by atoms with Crippen molar-refractivity contribution in [2.45, 2.75) is 6.92 Å². The molecule has 1 heterocycles. The number of fused-ring (bicyclic) bond motifs is 1. The molecule has 0 aliphatic heterocycles. The van der Waals surface area contributed by atoms with Gasteiger partial charge in [0.25, 0.3) is 0 Å². The fraction of sp³-hybridized carbons (Fsp3) is 0.214. The van der Waals surface area contributed by atoms with E-state index in [1.165, 1.54) is 0 Å². The van der Waals surface area contributed by atoms with E-state index in [0.717, 1.165) is 22.3 Å². The lowest BCUT2D eigenvalue weighted by molar-refractivity contribution is 0.606. The Bertz CT molecular complexity index is 634. The van der Waals surface area contributed by atoms with Crippen LogP contribution >= 0.6 is 12.2 Å². The first-order valence-corrected chi connectivity index (χ1v) is 6.36. The standard InChI is InChI=1S/C14H16N4S/c1-10(16-17-14(19)18(2)3)12-9-8-11-6-4-5-7-13(11)15-12/h4-9H,1-3H3,(H,17,19)/b16-10-. The Kier molecular flexibility index (Phi) is 4.06. The molecule has 0 saturated carbocycles. The monoisotopic (exact) mass is 272 g/mol. The van der Waals surface area contributed by atoms with Gasteiger partial charge in [0.1, 0.15) is 0 Å². The topological polar surface area (TPSA) is 40.5 Å². The van der Waals surface area contributed by atoms with E-state index in [0.29, 0.717) is 5.11 Å². The summed E-state index contributed by atoms with van der Waals surface area (Å²) >= 11 is 5.11. The summed E-state index contributed by atoms with van der Waals surface area (Å²) in [5.74, 6) is 0. The van der Waals surface area contributed by atoms with Crippen LogP contribution in [0, 0.1) is 0 Å². The van der Waals surface area contributed by atoms with Crippen LogP contribution in [-0.2, 0) is 0 Å². The van der Waals surface area contributed by atoms with Gasteiger partial charge in [0, 0.05) is 19.5 Å². The smallest absolute Gasteiger partial charge is 0.189 e. The van der Waals surface area contributed by atoms with E-state index in [9.17, 15) is 0 Å². The van der Waals surface area contributed by atoms with Crippen LogP contribution in [0.1, 0.15) is 12.6 Å². The Morgan fingerprint density at radius 2 is 1.95 bits per heavy atom. The number of thiocarbonyl (C=S) groups is 1. The van der Waals surface area contributed by atoms with Gasteiger partial charge in [-0.25, -0.2) is 4.98 Å². The number of hydrogen-bond donors (Lipinski definition) is 1.